The van der Waals surface area contributed by atoms with Gasteiger partial charge in [-0.2, -0.15) is 0 Å². The lowest BCUT2D eigenvalue weighted by molar-refractivity contribution is -0.131. The smallest absolute Gasteiger partial charge is 0.267 e. The fourth-order valence-electron chi connectivity index (χ4n) is 2.36. The van der Waals surface area contributed by atoms with Crippen LogP contribution in [0.25, 0.3) is 0 Å². The number of halogens is 2. The van der Waals surface area contributed by atoms with Crippen molar-refractivity contribution in [2.24, 2.45) is 5.73 Å². The summed E-state index contributed by atoms with van der Waals surface area (Å²) in [6.07, 6.45) is 1.67. The number of aromatic nitrogens is 1. The van der Waals surface area contributed by atoms with E-state index in [-0.39, 0.29) is 12.1 Å². The van der Waals surface area contributed by atoms with E-state index in [9.17, 15) is 18.4 Å². The fraction of sp³-hybridized carbons (Fsp3) is 0.429. The van der Waals surface area contributed by atoms with Crippen molar-refractivity contribution in [1.82, 2.24) is 15.2 Å². The molecule has 124 valence electrons. The molecule has 1 atom stereocenters. The largest absolute Gasteiger partial charge is 0.343 e. The number of rotatable bonds is 5. The Morgan fingerprint density at radius 2 is 2.30 bits per heavy atom. The minimum Gasteiger partial charge on any atom is -0.343 e. The van der Waals surface area contributed by atoms with E-state index in [2.05, 4.69) is 10.3 Å². The molecule has 1 aromatic heterocycles. The third-order valence-corrected chi connectivity index (χ3v) is 3.51. The van der Waals surface area contributed by atoms with Gasteiger partial charge in [0.1, 0.15) is 0 Å². The molecule has 7 nitrogen and oxygen atoms in total. The number of carbonyl (C=O) groups excluding carboxylic acids is 2. The highest BCUT2D eigenvalue weighted by Gasteiger charge is 2.46. The first kappa shape index (κ1) is 16.9. The average Bonchev–Trinajstić information content (AvgIpc) is 2.87. The van der Waals surface area contributed by atoms with Gasteiger partial charge in [-0.15, -0.1) is 0 Å². The van der Waals surface area contributed by atoms with Gasteiger partial charge in [-0.05, 0) is 12.1 Å². The maximum absolute atomic E-state index is 13.3. The van der Waals surface area contributed by atoms with Crippen LogP contribution in [-0.2, 0) is 11.3 Å². The summed E-state index contributed by atoms with van der Waals surface area (Å²) in [5, 5.41) is 9.52. The maximum atomic E-state index is 13.3. The van der Waals surface area contributed by atoms with Gasteiger partial charge in [0.25, 0.3) is 11.8 Å². The number of nitrogens with two attached hydrogens (primary N) is 1. The molecule has 0 unspecified atom stereocenters. The minimum absolute atomic E-state index is 0.171. The molecule has 1 aliphatic heterocycles. The van der Waals surface area contributed by atoms with Crippen LogP contribution in [-0.4, -0.2) is 53.0 Å². The van der Waals surface area contributed by atoms with E-state index >= 15 is 0 Å². The normalized spacial score (nSPS) is 19.4. The van der Waals surface area contributed by atoms with Gasteiger partial charge in [0.2, 0.25) is 5.91 Å². The summed E-state index contributed by atoms with van der Waals surface area (Å²) in [6, 6.07) is 2.01. The third-order valence-electron chi connectivity index (χ3n) is 3.51. The summed E-state index contributed by atoms with van der Waals surface area (Å²) in [6.45, 7) is -0.988. The highest BCUT2D eigenvalue weighted by Crippen LogP contribution is 2.31. The molecule has 2 rings (SSSR count). The monoisotopic (exact) mass is 325 g/mol. The lowest BCUT2D eigenvalue weighted by Gasteiger charge is -2.20. The molecular weight excluding hydrogens is 308 g/mol. The van der Waals surface area contributed by atoms with Crippen molar-refractivity contribution in [2.75, 3.05) is 13.1 Å². The first-order chi connectivity index (χ1) is 10.9. The van der Waals surface area contributed by atoms with E-state index in [0.29, 0.717) is 5.69 Å². The predicted octanol–water partition coefficient (Wildman–Crippen LogP) is 0.156. The quantitative estimate of drug-likeness (QED) is 0.669. The first-order valence-corrected chi connectivity index (χ1v) is 6.97. The minimum atomic E-state index is -3.01. The summed E-state index contributed by atoms with van der Waals surface area (Å²) >= 11 is 0. The van der Waals surface area contributed by atoms with Crippen LogP contribution in [0.4, 0.5) is 8.78 Å². The number of pyridine rings is 1. The van der Waals surface area contributed by atoms with E-state index in [1.54, 1.807) is 0 Å². The zero-order valence-electron chi connectivity index (χ0n) is 12.3. The van der Waals surface area contributed by atoms with E-state index in [0.717, 1.165) is 11.1 Å². The molecule has 0 aromatic carbocycles. The van der Waals surface area contributed by atoms with Crippen molar-refractivity contribution < 1.29 is 18.4 Å². The van der Waals surface area contributed by atoms with Crippen molar-refractivity contribution in [3.63, 3.8) is 0 Å². The summed E-state index contributed by atoms with van der Waals surface area (Å²) in [5.41, 5.74) is 6.23. The second-order valence-electron chi connectivity index (χ2n) is 5.24. The Labute approximate surface area is 131 Å². The summed E-state index contributed by atoms with van der Waals surface area (Å²) in [4.78, 5) is 28.8. The number of hydrogen-bond acceptors (Lipinski definition) is 5. The number of likely N-dealkylation sites (tertiary alicyclic amines) is 1. The zero-order chi connectivity index (χ0) is 17.0. The number of nitrogens with one attached hydrogen (secondary N) is 2. The van der Waals surface area contributed by atoms with Gasteiger partial charge < -0.3 is 21.4 Å². The van der Waals surface area contributed by atoms with E-state index in [4.69, 9.17) is 11.1 Å². The standard InChI is InChI=1S/C14H17F2N5O2/c15-14(16)4-11(6-18)21(8-14)12(22)7-20-13(23)9-1-2-19-10(3-9)5-17/h1-3,6,11,18H,4-5,7-8,17H2,(H,20,23)/t11-/m0/s1. The van der Waals surface area contributed by atoms with Gasteiger partial charge in [0.15, 0.2) is 0 Å². The molecule has 23 heavy (non-hydrogen) atoms. The second-order valence-corrected chi connectivity index (χ2v) is 5.24. The molecule has 1 fully saturated rings. The molecule has 9 heteroatoms. The van der Waals surface area contributed by atoms with Gasteiger partial charge in [-0.25, -0.2) is 8.78 Å². The second kappa shape index (κ2) is 6.78. The Bertz CT molecular complexity index is 623. The van der Waals surface area contributed by atoms with Crippen LogP contribution in [0.1, 0.15) is 22.5 Å². The molecular formula is C14H17F2N5O2. The topological polar surface area (TPSA) is 112 Å². The Morgan fingerprint density at radius 1 is 1.57 bits per heavy atom. The lowest BCUT2D eigenvalue weighted by atomic mass is 10.2. The molecule has 0 spiro atoms. The van der Waals surface area contributed by atoms with Gasteiger partial charge in [0, 0.05) is 30.9 Å². The third kappa shape index (κ3) is 4.07. The number of hydrogen-bond donors (Lipinski definition) is 3. The zero-order valence-corrected chi connectivity index (χ0v) is 12.3. The Morgan fingerprint density at radius 3 is 2.96 bits per heavy atom. The van der Waals surface area contributed by atoms with Crippen molar-refractivity contribution in [3.8, 4) is 0 Å². The molecule has 0 bridgehead atoms. The number of nitrogens with zero attached hydrogens (tertiary/aromatic N) is 2. The van der Waals surface area contributed by atoms with Crippen LogP contribution in [0.15, 0.2) is 18.3 Å². The Kier molecular flexibility index (Phi) is 4.99. The molecule has 2 amide bonds. The predicted molar refractivity (Wildman–Crippen MR) is 78.3 cm³/mol. The molecule has 0 radical (unpaired) electrons. The van der Waals surface area contributed by atoms with Gasteiger partial charge in [-0.3, -0.25) is 14.6 Å². The Hall–Kier alpha value is -2.42. The fourth-order valence-corrected chi connectivity index (χ4v) is 2.36. The molecule has 4 N–H and O–H groups in total. The summed E-state index contributed by atoms with van der Waals surface area (Å²) in [5.74, 6) is -4.19. The summed E-state index contributed by atoms with van der Waals surface area (Å²) in [7, 11) is 0. The van der Waals surface area contributed by atoms with Crippen molar-refractivity contribution in [3.05, 3.63) is 29.6 Å². The molecule has 1 saturated heterocycles. The number of amides is 2. The Balaban J connectivity index is 1.96. The lowest BCUT2D eigenvalue weighted by Crippen LogP contribution is -2.43. The average molecular weight is 325 g/mol. The van der Waals surface area contributed by atoms with Gasteiger partial charge >= 0.3 is 0 Å². The maximum Gasteiger partial charge on any atom is 0.267 e. The van der Waals surface area contributed by atoms with E-state index < -0.39 is 43.3 Å². The van der Waals surface area contributed by atoms with Gasteiger partial charge in [0.05, 0.1) is 24.8 Å². The van der Waals surface area contributed by atoms with Crippen LogP contribution >= 0.6 is 0 Å². The molecule has 1 aliphatic rings. The SMILES string of the molecule is N=C[C@@H]1CC(F)(F)CN1C(=O)CNC(=O)c1ccnc(CN)c1. The number of carbonyl (C=O) groups is 2. The van der Waals surface area contributed by atoms with Crippen LogP contribution in [0.5, 0.6) is 0 Å². The highest BCUT2D eigenvalue weighted by molar-refractivity contribution is 5.96. The van der Waals surface area contributed by atoms with Crippen LogP contribution in [0, 0.1) is 5.41 Å². The van der Waals surface area contributed by atoms with Crippen molar-refractivity contribution >= 4 is 18.0 Å². The van der Waals surface area contributed by atoms with Crippen LogP contribution in [0.3, 0.4) is 0 Å². The van der Waals surface area contributed by atoms with Crippen LogP contribution < -0.4 is 11.1 Å². The van der Waals surface area contributed by atoms with Gasteiger partial charge in [-0.1, -0.05) is 0 Å². The van der Waals surface area contributed by atoms with Crippen molar-refractivity contribution in [1.29, 1.82) is 5.41 Å². The highest BCUT2D eigenvalue weighted by atomic mass is 19.3. The number of alkyl halides is 2. The van der Waals surface area contributed by atoms with Crippen molar-refractivity contribution in [2.45, 2.75) is 24.9 Å². The van der Waals surface area contributed by atoms with E-state index in [1.807, 2.05) is 0 Å². The summed E-state index contributed by atoms with van der Waals surface area (Å²) < 4.78 is 26.7. The van der Waals surface area contributed by atoms with Crippen LogP contribution in [0.2, 0.25) is 0 Å². The molecule has 2 heterocycles. The molecule has 1 aromatic rings. The van der Waals surface area contributed by atoms with E-state index in [1.165, 1.54) is 18.3 Å². The molecule has 0 aliphatic carbocycles. The first-order valence-electron chi connectivity index (χ1n) is 6.97. The molecule has 0 saturated carbocycles.